The molecule has 120 valence electrons. The van der Waals surface area contributed by atoms with Gasteiger partial charge in [-0.3, -0.25) is 0 Å². The Morgan fingerprint density at radius 1 is 1.04 bits per heavy atom. The molecule has 0 radical (unpaired) electrons. The summed E-state index contributed by atoms with van der Waals surface area (Å²) in [4.78, 5) is 0. The summed E-state index contributed by atoms with van der Waals surface area (Å²) in [5.74, 6) is 1.47. The quantitative estimate of drug-likeness (QED) is 0.777. The maximum absolute atomic E-state index is 9.43. The van der Waals surface area contributed by atoms with Crippen molar-refractivity contribution >= 4 is 0 Å². The third kappa shape index (κ3) is 4.26. The van der Waals surface area contributed by atoms with Crippen LogP contribution >= 0.6 is 0 Å². The summed E-state index contributed by atoms with van der Waals surface area (Å²) in [6, 6.07) is 14.2. The molecule has 0 amide bonds. The molecule has 0 aliphatic heterocycles. The number of ether oxygens (including phenoxy) is 2. The smallest absolute Gasteiger partial charge is 0.122 e. The molecule has 1 atom stereocenters. The van der Waals surface area contributed by atoms with Crippen LogP contribution in [0.25, 0.3) is 0 Å². The summed E-state index contributed by atoms with van der Waals surface area (Å²) >= 11 is 0. The molecule has 0 aliphatic rings. The van der Waals surface area contributed by atoms with Gasteiger partial charge in [0.15, 0.2) is 0 Å². The summed E-state index contributed by atoms with van der Waals surface area (Å²) in [5, 5.41) is 9.43. The fourth-order valence-corrected chi connectivity index (χ4v) is 2.54. The second-order valence-electron chi connectivity index (χ2n) is 5.80. The largest absolute Gasteiger partial charge is 0.497 e. The van der Waals surface area contributed by atoms with Crippen molar-refractivity contribution in [2.75, 3.05) is 13.7 Å². The molecular weight excluding hydrogens is 286 g/mol. The predicted molar refractivity (Wildman–Crippen MR) is 92.1 cm³/mol. The first-order chi connectivity index (χ1) is 11.0. The van der Waals surface area contributed by atoms with Crippen molar-refractivity contribution < 1.29 is 9.47 Å². The van der Waals surface area contributed by atoms with E-state index in [9.17, 15) is 5.26 Å². The lowest BCUT2D eigenvalue weighted by atomic mass is 9.97. The van der Waals surface area contributed by atoms with Gasteiger partial charge in [-0.1, -0.05) is 18.2 Å². The van der Waals surface area contributed by atoms with Gasteiger partial charge in [0.2, 0.25) is 0 Å². The second kappa shape index (κ2) is 7.69. The second-order valence-corrected chi connectivity index (χ2v) is 5.80. The highest BCUT2D eigenvalue weighted by molar-refractivity contribution is 5.41. The van der Waals surface area contributed by atoms with Gasteiger partial charge >= 0.3 is 0 Å². The van der Waals surface area contributed by atoms with Gasteiger partial charge < -0.3 is 9.47 Å². The fraction of sp³-hybridized carbons (Fsp3) is 0.350. The van der Waals surface area contributed by atoms with Crippen LogP contribution in [-0.2, 0) is 0 Å². The number of benzene rings is 2. The fourth-order valence-electron chi connectivity index (χ4n) is 2.54. The SMILES string of the molecule is COc1cccc(C(C#N)CCOc2cc(C)c(C)cc2C)c1. The normalized spacial score (nSPS) is 11.6. The van der Waals surface area contributed by atoms with Gasteiger partial charge in [-0.15, -0.1) is 0 Å². The Bertz CT molecular complexity index is 716. The van der Waals surface area contributed by atoms with E-state index in [-0.39, 0.29) is 5.92 Å². The standard InChI is InChI=1S/C20H23NO2/c1-14-10-16(3)20(11-15(14)2)23-9-8-18(13-21)17-6-5-7-19(12-17)22-4/h5-7,10-12,18H,8-9H2,1-4H3. The number of methoxy groups -OCH3 is 1. The van der Waals surface area contributed by atoms with Crippen molar-refractivity contribution in [3.8, 4) is 17.6 Å². The molecule has 0 bridgehead atoms. The molecule has 0 N–H and O–H groups in total. The number of nitriles is 1. The molecular formula is C20H23NO2. The molecule has 0 heterocycles. The lowest BCUT2D eigenvalue weighted by Gasteiger charge is -2.14. The van der Waals surface area contributed by atoms with Gasteiger partial charge in [0.1, 0.15) is 11.5 Å². The number of rotatable bonds is 6. The van der Waals surface area contributed by atoms with E-state index in [1.165, 1.54) is 11.1 Å². The molecule has 3 heteroatoms. The van der Waals surface area contributed by atoms with Gasteiger partial charge in [0.05, 0.1) is 25.7 Å². The molecule has 0 aliphatic carbocycles. The Morgan fingerprint density at radius 3 is 2.48 bits per heavy atom. The van der Waals surface area contributed by atoms with Crippen LogP contribution in [-0.4, -0.2) is 13.7 Å². The minimum Gasteiger partial charge on any atom is -0.497 e. The van der Waals surface area contributed by atoms with Crippen LogP contribution in [0.3, 0.4) is 0 Å². The molecule has 2 rings (SSSR count). The third-order valence-corrected chi connectivity index (χ3v) is 4.11. The van der Waals surface area contributed by atoms with Crippen LogP contribution in [0.4, 0.5) is 0 Å². The summed E-state index contributed by atoms with van der Waals surface area (Å²) in [6.07, 6.45) is 0.649. The van der Waals surface area contributed by atoms with Gasteiger partial charge in [-0.05, 0) is 61.2 Å². The van der Waals surface area contributed by atoms with Crippen molar-refractivity contribution in [1.82, 2.24) is 0 Å². The number of hydrogen-bond acceptors (Lipinski definition) is 3. The van der Waals surface area contributed by atoms with Crippen LogP contribution in [0.5, 0.6) is 11.5 Å². The Hall–Kier alpha value is -2.47. The summed E-state index contributed by atoms with van der Waals surface area (Å²) < 4.78 is 11.1. The van der Waals surface area contributed by atoms with E-state index < -0.39 is 0 Å². The van der Waals surface area contributed by atoms with Gasteiger partial charge in [-0.25, -0.2) is 0 Å². The molecule has 2 aromatic rings. The molecule has 0 saturated heterocycles. The molecule has 0 fully saturated rings. The van der Waals surface area contributed by atoms with Gasteiger partial charge in [0, 0.05) is 6.42 Å². The van der Waals surface area contributed by atoms with Crippen LogP contribution in [0, 0.1) is 32.1 Å². The molecule has 0 saturated carbocycles. The molecule has 0 aromatic heterocycles. The minimum absolute atomic E-state index is 0.197. The zero-order valence-corrected chi connectivity index (χ0v) is 14.2. The van der Waals surface area contributed by atoms with Gasteiger partial charge in [0.25, 0.3) is 0 Å². The highest BCUT2D eigenvalue weighted by Gasteiger charge is 2.12. The van der Waals surface area contributed by atoms with Gasteiger partial charge in [-0.2, -0.15) is 5.26 Å². The lowest BCUT2D eigenvalue weighted by molar-refractivity contribution is 0.303. The van der Waals surface area contributed by atoms with E-state index in [2.05, 4.69) is 32.0 Å². The van der Waals surface area contributed by atoms with Crippen molar-refractivity contribution in [3.05, 3.63) is 58.7 Å². The van der Waals surface area contributed by atoms with Crippen molar-refractivity contribution in [2.24, 2.45) is 0 Å². The lowest BCUT2D eigenvalue weighted by Crippen LogP contribution is -2.06. The predicted octanol–water partition coefficient (Wildman–Crippen LogP) is 4.70. The number of aryl methyl sites for hydroxylation is 3. The average molecular weight is 309 g/mol. The summed E-state index contributed by atoms with van der Waals surface area (Å²) in [5.41, 5.74) is 4.58. The maximum atomic E-state index is 9.43. The van der Waals surface area contributed by atoms with E-state index in [0.717, 1.165) is 22.6 Å². The average Bonchev–Trinajstić information content (AvgIpc) is 2.56. The molecule has 1 unspecified atom stereocenters. The van der Waals surface area contributed by atoms with E-state index in [0.29, 0.717) is 13.0 Å². The first kappa shape index (κ1) is 16.9. The van der Waals surface area contributed by atoms with Crippen molar-refractivity contribution in [1.29, 1.82) is 5.26 Å². The minimum atomic E-state index is -0.197. The zero-order valence-electron chi connectivity index (χ0n) is 14.2. The number of hydrogen-bond donors (Lipinski definition) is 0. The third-order valence-electron chi connectivity index (χ3n) is 4.11. The highest BCUT2D eigenvalue weighted by atomic mass is 16.5. The van der Waals surface area contributed by atoms with Crippen LogP contribution in [0.1, 0.15) is 34.6 Å². The first-order valence-electron chi connectivity index (χ1n) is 7.79. The topological polar surface area (TPSA) is 42.2 Å². The Balaban J connectivity index is 2.01. The van der Waals surface area contributed by atoms with Crippen molar-refractivity contribution in [3.63, 3.8) is 0 Å². The molecule has 23 heavy (non-hydrogen) atoms. The van der Waals surface area contributed by atoms with E-state index in [4.69, 9.17) is 9.47 Å². The monoisotopic (exact) mass is 309 g/mol. The van der Waals surface area contributed by atoms with Crippen LogP contribution in [0.2, 0.25) is 0 Å². The molecule has 3 nitrogen and oxygen atoms in total. The first-order valence-corrected chi connectivity index (χ1v) is 7.79. The Labute approximate surface area is 138 Å². The van der Waals surface area contributed by atoms with E-state index >= 15 is 0 Å². The maximum Gasteiger partial charge on any atom is 0.122 e. The highest BCUT2D eigenvalue weighted by Crippen LogP contribution is 2.25. The zero-order chi connectivity index (χ0) is 16.8. The summed E-state index contributed by atoms with van der Waals surface area (Å²) in [7, 11) is 1.63. The Kier molecular flexibility index (Phi) is 5.65. The van der Waals surface area contributed by atoms with Crippen LogP contribution < -0.4 is 9.47 Å². The van der Waals surface area contributed by atoms with E-state index in [1.54, 1.807) is 7.11 Å². The van der Waals surface area contributed by atoms with Crippen LogP contribution in [0.15, 0.2) is 36.4 Å². The number of nitrogens with zero attached hydrogens (tertiary/aromatic N) is 1. The molecule has 0 spiro atoms. The molecule has 2 aromatic carbocycles. The van der Waals surface area contributed by atoms with E-state index in [1.807, 2.05) is 31.2 Å². The summed E-state index contributed by atoms with van der Waals surface area (Å²) in [6.45, 7) is 6.74. The van der Waals surface area contributed by atoms with Crippen molar-refractivity contribution in [2.45, 2.75) is 33.1 Å². The Morgan fingerprint density at radius 2 is 1.78 bits per heavy atom.